The van der Waals surface area contributed by atoms with Crippen LogP contribution in [0.25, 0.3) is 10.9 Å². The molecule has 7 heteroatoms. The highest BCUT2D eigenvalue weighted by molar-refractivity contribution is 6.31. The summed E-state index contributed by atoms with van der Waals surface area (Å²) in [5.74, 6) is -1.05. The maximum atomic E-state index is 14.1. The number of alkyl halides is 1. The fraction of sp³-hybridized carbons (Fsp3) is 0.167. The van der Waals surface area contributed by atoms with Gasteiger partial charge in [0.15, 0.2) is 0 Å². The zero-order chi connectivity index (χ0) is 18.0. The zero-order valence-electron chi connectivity index (χ0n) is 13.3. The number of halogens is 3. The average Bonchev–Trinajstić information content (AvgIpc) is 2.61. The highest BCUT2D eigenvalue weighted by Gasteiger charge is 2.22. The summed E-state index contributed by atoms with van der Waals surface area (Å²) < 4.78 is 14.1. The summed E-state index contributed by atoms with van der Waals surface area (Å²) in [6.07, 6.45) is 0. The van der Waals surface area contributed by atoms with Crippen LogP contribution in [-0.2, 0) is 11.3 Å². The number of aromatic nitrogens is 2. The first-order valence-corrected chi connectivity index (χ1v) is 8.45. The standard InChI is InChI=1S/C18H14Cl2FN3O/c1-11-12-5-2-3-8-16(12)23-18(22-11)24(17(25)9-19)10-13-14(20)6-4-7-15(13)21/h2-8H,9-10H2,1H3. The Labute approximate surface area is 154 Å². The number of aryl methyl sites for hydroxylation is 1. The van der Waals surface area contributed by atoms with Gasteiger partial charge < -0.3 is 0 Å². The number of anilines is 1. The van der Waals surface area contributed by atoms with Crippen molar-refractivity contribution in [1.29, 1.82) is 0 Å². The molecule has 0 aliphatic heterocycles. The summed E-state index contributed by atoms with van der Waals surface area (Å²) in [4.78, 5) is 22.4. The van der Waals surface area contributed by atoms with Crippen LogP contribution in [0.4, 0.5) is 10.3 Å². The van der Waals surface area contributed by atoms with E-state index >= 15 is 0 Å². The van der Waals surface area contributed by atoms with E-state index in [9.17, 15) is 9.18 Å². The summed E-state index contributed by atoms with van der Waals surface area (Å²) in [6, 6.07) is 11.8. The molecule has 0 aliphatic carbocycles. The maximum absolute atomic E-state index is 14.1. The van der Waals surface area contributed by atoms with Crippen LogP contribution in [0.15, 0.2) is 42.5 Å². The van der Waals surface area contributed by atoms with Crippen molar-refractivity contribution in [3.8, 4) is 0 Å². The highest BCUT2D eigenvalue weighted by Crippen LogP contribution is 2.25. The summed E-state index contributed by atoms with van der Waals surface area (Å²) in [5, 5.41) is 1.11. The average molecular weight is 378 g/mol. The first-order valence-electron chi connectivity index (χ1n) is 7.54. The Hall–Kier alpha value is -2.24. The number of amides is 1. The van der Waals surface area contributed by atoms with Gasteiger partial charge >= 0.3 is 0 Å². The molecule has 0 atom stereocenters. The van der Waals surface area contributed by atoms with Gasteiger partial charge in [0.1, 0.15) is 11.7 Å². The lowest BCUT2D eigenvalue weighted by Crippen LogP contribution is -2.33. The van der Waals surface area contributed by atoms with Gasteiger partial charge in [-0.05, 0) is 25.1 Å². The Morgan fingerprint density at radius 1 is 1.16 bits per heavy atom. The van der Waals surface area contributed by atoms with Gasteiger partial charge in [-0.2, -0.15) is 0 Å². The van der Waals surface area contributed by atoms with Crippen LogP contribution in [0.3, 0.4) is 0 Å². The minimum absolute atomic E-state index is 0.102. The molecule has 0 fully saturated rings. The number of rotatable bonds is 4. The SMILES string of the molecule is Cc1nc(N(Cc2c(F)cccc2Cl)C(=O)CCl)nc2ccccc12. The monoisotopic (exact) mass is 377 g/mol. The molecule has 0 bridgehead atoms. The van der Waals surface area contributed by atoms with Crippen molar-refractivity contribution >= 4 is 46.0 Å². The van der Waals surface area contributed by atoms with Crippen molar-refractivity contribution in [1.82, 2.24) is 9.97 Å². The molecule has 4 nitrogen and oxygen atoms in total. The Morgan fingerprint density at radius 3 is 2.64 bits per heavy atom. The van der Waals surface area contributed by atoms with Crippen molar-refractivity contribution in [2.45, 2.75) is 13.5 Å². The molecular formula is C18H14Cl2FN3O. The van der Waals surface area contributed by atoms with Gasteiger partial charge in [-0.1, -0.05) is 35.9 Å². The van der Waals surface area contributed by atoms with Crippen LogP contribution >= 0.6 is 23.2 Å². The van der Waals surface area contributed by atoms with Crippen molar-refractivity contribution in [2.75, 3.05) is 10.8 Å². The molecule has 2 aromatic carbocycles. The van der Waals surface area contributed by atoms with Crippen LogP contribution in [0, 0.1) is 12.7 Å². The normalized spacial score (nSPS) is 10.9. The molecule has 1 heterocycles. The third-order valence-corrected chi connectivity index (χ3v) is 4.40. The number of hydrogen-bond acceptors (Lipinski definition) is 3. The molecule has 1 aromatic heterocycles. The van der Waals surface area contributed by atoms with Crippen LogP contribution in [-0.4, -0.2) is 21.8 Å². The topological polar surface area (TPSA) is 46.1 Å². The molecule has 3 aromatic rings. The van der Waals surface area contributed by atoms with E-state index in [-0.39, 0.29) is 29.0 Å². The van der Waals surface area contributed by atoms with Crippen molar-refractivity contribution in [2.24, 2.45) is 0 Å². The minimum Gasteiger partial charge on any atom is -0.275 e. The van der Waals surface area contributed by atoms with Gasteiger partial charge in [0.2, 0.25) is 11.9 Å². The van der Waals surface area contributed by atoms with Gasteiger partial charge in [-0.25, -0.2) is 14.4 Å². The molecule has 128 valence electrons. The predicted octanol–water partition coefficient (Wildman–Crippen LogP) is 4.50. The van der Waals surface area contributed by atoms with E-state index in [0.717, 1.165) is 5.39 Å². The molecule has 0 saturated heterocycles. The van der Waals surface area contributed by atoms with Crippen LogP contribution in [0.5, 0.6) is 0 Å². The zero-order valence-corrected chi connectivity index (χ0v) is 14.9. The predicted molar refractivity (Wildman–Crippen MR) is 97.6 cm³/mol. The summed E-state index contributed by atoms with van der Waals surface area (Å²) >= 11 is 11.8. The number of carbonyl (C=O) groups excluding carboxylic acids is 1. The lowest BCUT2D eigenvalue weighted by Gasteiger charge is -2.21. The van der Waals surface area contributed by atoms with E-state index in [4.69, 9.17) is 23.2 Å². The molecule has 1 amide bonds. The third-order valence-electron chi connectivity index (χ3n) is 3.82. The first-order chi connectivity index (χ1) is 12.0. The van der Waals surface area contributed by atoms with Crippen LogP contribution in [0.1, 0.15) is 11.3 Å². The Balaban J connectivity index is 2.09. The van der Waals surface area contributed by atoms with Gasteiger partial charge in [0.05, 0.1) is 17.8 Å². The molecular weight excluding hydrogens is 364 g/mol. The fourth-order valence-electron chi connectivity index (χ4n) is 2.52. The molecule has 0 aliphatic rings. The number of fused-ring (bicyclic) bond motifs is 1. The lowest BCUT2D eigenvalue weighted by molar-refractivity contribution is -0.116. The second-order valence-electron chi connectivity index (χ2n) is 5.44. The fourth-order valence-corrected chi connectivity index (χ4v) is 2.89. The molecule has 0 spiro atoms. The van der Waals surface area contributed by atoms with Gasteiger partial charge in [0.25, 0.3) is 0 Å². The third kappa shape index (κ3) is 3.57. The first kappa shape index (κ1) is 17.6. The Kier molecular flexibility index (Phi) is 5.16. The van der Waals surface area contributed by atoms with E-state index in [1.54, 1.807) is 6.07 Å². The number of nitrogens with zero attached hydrogens (tertiary/aromatic N) is 3. The second kappa shape index (κ2) is 7.33. The van der Waals surface area contributed by atoms with Crippen LogP contribution in [0.2, 0.25) is 5.02 Å². The second-order valence-corrected chi connectivity index (χ2v) is 6.11. The van der Waals surface area contributed by atoms with E-state index in [0.29, 0.717) is 11.2 Å². The Bertz CT molecular complexity index is 929. The molecule has 0 saturated carbocycles. The van der Waals surface area contributed by atoms with E-state index < -0.39 is 11.7 Å². The van der Waals surface area contributed by atoms with Gasteiger partial charge in [-0.3, -0.25) is 9.69 Å². The quantitative estimate of drug-likeness (QED) is 0.628. The van der Waals surface area contributed by atoms with E-state index in [1.807, 2.05) is 31.2 Å². The molecule has 0 radical (unpaired) electrons. The summed E-state index contributed by atoms with van der Waals surface area (Å²) in [6.45, 7) is 1.72. The number of benzene rings is 2. The van der Waals surface area contributed by atoms with Gasteiger partial charge in [0, 0.05) is 16.0 Å². The number of hydrogen-bond donors (Lipinski definition) is 0. The molecule has 0 N–H and O–H groups in total. The smallest absolute Gasteiger partial charge is 0.244 e. The highest BCUT2D eigenvalue weighted by atomic mass is 35.5. The van der Waals surface area contributed by atoms with Crippen LogP contribution < -0.4 is 4.90 Å². The minimum atomic E-state index is -0.502. The molecule has 25 heavy (non-hydrogen) atoms. The summed E-state index contributed by atoms with van der Waals surface area (Å²) in [5.41, 5.74) is 1.60. The Morgan fingerprint density at radius 2 is 1.92 bits per heavy atom. The van der Waals surface area contributed by atoms with Crippen molar-refractivity contribution < 1.29 is 9.18 Å². The van der Waals surface area contributed by atoms with Crippen molar-refractivity contribution in [3.05, 3.63) is 64.6 Å². The summed E-state index contributed by atoms with van der Waals surface area (Å²) in [7, 11) is 0. The lowest BCUT2D eigenvalue weighted by atomic mass is 10.2. The number of para-hydroxylation sites is 1. The molecule has 0 unspecified atom stereocenters. The molecule has 3 rings (SSSR count). The largest absolute Gasteiger partial charge is 0.275 e. The number of carbonyl (C=O) groups is 1. The van der Waals surface area contributed by atoms with E-state index in [2.05, 4.69) is 9.97 Å². The van der Waals surface area contributed by atoms with Crippen molar-refractivity contribution in [3.63, 3.8) is 0 Å². The van der Waals surface area contributed by atoms with E-state index in [1.165, 1.54) is 17.0 Å². The maximum Gasteiger partial charge on any atom is 0.244 e. The van der Waals surface area contributed by atoms with Gasteiger partial charge in [-0.15, -0.1) is 11.6 Å².